The van der Waals surface area contributed by atoms with Crippen LogP contribution in [-0.2, 0) is 0 Å². The minimum Gasteiger partial charge on any atom is -0.493 e. The monoisotopic (exact) mass is 258 g/mol. The van der Waals surface area contributed by atoms with Crippen LogP contribution in [0.25, 0.3) is 10.9 Å². The van der Waals surface area contributed by atoms with Crippen molar-refractivity contribution in [2.75, 3.05) is 26.6 Å². The largest absolute Gasteiger partial charge is 0.493 e. The highest BCUT2D eigenvalue weighted by atomic mass is 16.5. The smallest absolute Gasteiger partial charge is 0.162 e. The third kappa shape index (κ3) is 2.07. The molecular formula is C15H18N2O2. The molecular weight excluding hydrogens is 240 g/mol. The van der Waals surface area contributed by atoms with Crippen LogP contribution in [0.3, 0.4) is 0 Å². The fourth-order valence-electron chi connectivity index (χ4n) is 2.37. The van der Waals surface area contributed by atoms with Gasteiger partial charge < -0.3 is 14.8 Å². The molecule has 3 rings (SSSR count). The Hall–Kier alpha value is -1.97. The Morgan fingerprint density at radius 1 is 1.11 bits per heavy atom. The van der Waals surface area contributed by atoms with Gasteiger partial charge in [0.2, 0.25) is 0 Å². The lowest BCUT2D eigenvalue weighted by molar-refractivity contribution is 0.356. The zero-order chi connectivity index (χ0) is 13.4. The molecule has 4 nitrogen and oxygen atoms in total. The summed E-state index contributed by atoms with van der Waals surface area (Å²) in [5.74, 6) is 2.08. The van der Waals surface area contributed by atoms with Crippen LogP contribution in [0.4, 0.5) is 5.69 Å². The van der Waals surface area contributed by atoms with Gasteiger partial charge in [0.15, 0.2) is 11.5 Å². The molecule has 1 aliphatic rings. The number of hydrogen-bond donors (Lipinski definition) is 1. The molecule has 0 atom stereocenters. The number of hydrogen-bond acceptors (Lipinski definition) is 4. The molecule has 0 amide bonds. The first kappa shape index (κ1) is 12.1. The average Bonchev–Trinajstić information content (AvgIpc) is 3.29. The van der Waals surface area contributed by atoms with Gasteiger partial charge in [-0.05, 0) is 25.0 Å². The number of benzene rings is 1. The Morgan fingerprint density at radius 3 is 2.37 bits per heavy atom. The number of anilines is 1. The second-order valence-corrected chi connectivity index (χ2v) is 4.84. The Balaban J connectivity index is 2.23. The van der Waals surface area contributed by atoms with Crippen molar-refractivity contribution in [3.63, 3.8) is 0 Å². The highest BCUT2D eigenvalue weighted by molar-refractivity contribution is 5.94. The van der Waals surface area contributed by atoms with Gasteiger partial charge in [0, 0.05) is 35.8 Å². The molecule has 1 aromatic heterocycles. The van der Waals surface area contributed by atoms with E-state index in [4.69, 9.17) is 14.5 Å². The summed E-state index contributed by atoms with van der Waals surface area (Å²) in [4.78, 5) is 4.75. The molecule has 0 unspecified atom stereocenters. The average molecular weight is 258 g/mol. The number of pyridine rings is 1. The summed E-state index contributed by atoms with van der Waals surface area (Å²) in [7, 11) is 5.23. The highest BCUT2D eigenvalue weighted by Gasteiger charge is 2.26. The number of ether oxygens (including phenoxy) is 2. The van der Waals surface area contributed by atoms with E-state index >= 15 is 0 Å². The van der Waals surface area contributed by atoms with E-state index in [0.29, 0.717) is 5.92 Å². The first-order valence-corrected chi connectivity index (χ1v) is 6.51. The van der Waals surface area contributed by atoms with E-state index in [1.807, 2.05) is 19.2 Å². The van der Waals surface area contributed by atoms with Crippen LogP contribution in [0.2, 0.25) is 0 Å². The lowest BCUT2D eigenvalue weighted by atomic mass is 10.1. The van der Waals surface area contributed by atoms with Gasteiger partial charge in [0.1, 0.15) is 0 Å². The normalized spacial score (nSPS) is 14.5. The fraction of sp³-hybridized carbons (Fsp3) is 0.400. The van der Waals surface area contributed by atoms with Crippen LogP contribution in [0.5, 0.6) is 11.5 Å². The summed E-state index contributed by atoms with van der Waals surface area (Å²) in [6.45, 7) is 0. The van der Waals surface area contributed by atoms with Crippen molar-refractivity contribution < 1.29 is 9.47 Å². The Morgan fingerprint density at radius 2 is 1.79 bits per heavy atom. The van der Waals surface area contributed by atoms with E-state index in [1.54, 1.807) is 14.2 Å². The minimum atomic E-state index is 0.629. The summed E-state index contributed by atoms with van der Waals surface area (Å²) in [5, 5.41) is 4.31. The Kier molecular flexibility index (Phi) is 2.93. The molecule has 0 bridgehead atoms. The highest BCUT2D eigenvalue weighted by Crippen LogP contribution is 2.42. The molecule has 1 N–H and O–H groups in total. The predicted molar refractivity (Wildman–Crippen MR) is 76.4 cm³/mol. The molecule has 100 valence electrons. The van der Waals surface area contributed by atoms with Gasteiger partial charge in [-0.3, -0.25) is 4.98 Å². The molecule has 0 saturated heterocycles. The molecule has 1 saturated carbocycles. The molecule has 1 heterocycles. The van der Waals surface area contributed by atoms with Crippen molar-refractivity contribution in [2.24, 2.45) is 0 Å². The van der Waals surface area contributed by atoms with Crippen molar-refractivity contribution in [3.8, 4) is 11.5 Å². The standard InChI is InChI=1S/C15H18N2O2/c1-16-12-7-11(9-4-5-9)17-13-8-15(19-3)14(18-2)6-10(12)13/h6-9H,4-5H2,1-3H3,(H,16,17). The molecule has 1 aromatic carbocycles. The van der Waals surface area contributed by atoms with Crippen LogP contribution in [-0.4, -0.2) is 26.3 Å². The number of rotatable bonds is 4. The van der Waals surface area contributed by atoms with Gasteiger partial charge >= 0.3 is 0 Å². The molecule has 1 fully saturated rings. The van der Waals surface area contributed by atoms with Crippen molar-refractivity contribution in [3.05, 3.63) is 23.9 Å². The maximum absolute atomic E-state index is 5.35. The summed E-state index contributed by atoms with van der Waals surface area (Å²) in [6, 6.07) is 6.07. The summed E-state index contributed by atoms with van der Waals surface area (Å²) >= 11 is 0. The van der Waals surface area contributed by atoms with Gasteiger partial charge in [0.25, 0.3) is 0 Å². The van der Waals surface area contributed by atoms with E-state index in [2.05, 4.69) is 11.4 Å². The Bertz CT molecular complexity index is 621. The Labute approximate surface area is 112 Å². The second-order valence-electron chi connectivity index (χ2n) is 4.84. The molecule has 4 heteroatoms. The van der Waals surface area contributed by atoms with Gasteiger partial charge in [-0.25, -0.2) is 0 Å². The van der Waals surface area contributed by atoms with Crippen molar-refractivity contribution in [2.45, 2.75) is 18.8 Å². The van der Waals surface area contributed by atoms with Crippen LogP contribution in [0, 0.1) is 0 Å². The number of fused-ring (bicyclic) bond motifs is 1. The minimum absolute atomic E-state index is 0.629. The van der Waals surface area contributed by atoms with Gasteiger partial charge in [-0.2, -0.15) is 0 Å². The quantitative estimate of drug-likeness (QED) is 0.914. The van der Waals surface area contributed by atoms with E-state index < -0.39 is 0 Å². The number of aromatic nitrogens is 1. The van der Waals surface area contributed by atoms with E-state index in [9.17, 15) is 0 Å². The SMILES string of the molecule is CNc1cc(C2CC2)nc2cc(OC)c(OC)cc12. The van der Waals surface area contributed by atoms with Crippen molar-refractivity contribution in [1.82, 2.24) is 4.98 Å². The summed E-state index contributed by atoms with van der Waals surface area (Å²) in [6.07, 6.45) is 2.49. The number of methoxy groups -OCH3 is 2. The first-order valence-electron chi connectivity index (χ1n) is 6.51. The second kappa shape index (κ2) is 4.61. The molecule has 19 heavy (non-hydrogen) atoms. The maximum Gasteiger partial charge on any atom is 0.162 e. The zero-order valence-corrected chi connectivity index (χ0v) is 11.5. The molecule has 0 radical (unpaired) electrons. The summed E-state index contributed by atoms with van der Waals surface area (Å²) in [5.41, 5.74) is 3.21. The molecule has 2 aromatic rings. The van der Waals surface area contributed by atoms with Crippen LogP contribution < -0.4 is 14.8 Å². The van der Waals surface area contributed by atoms with Gasteiger partial charge in [-0.15, -0.1) is 0 Å². The summed E-state index contributed by atoms with van der Waals surface area (Å²) < 4.78 is 10.7. The zero-order valence-electron chi connectivity index (χ0n) is 11.5. The van der Waals surface area contributed by atoms with Crippen LogP contribution >= 0.6 is 0 Å². The predicted octanol–water partition coefficient (Wildman–Crippen LogP) is 3.17. The fourth-order valence-corrected chi connectivity index (χ4v) is 2.37. The molecule has 1 aliphatic carbocycles. The van der Waals surface area contributed by atoms with Gasteiger partial charge in [0.05, 0.1) is 19.7 Å². The maximum atomic E-state index is 5.35. The van der Waals surface area contributed by atoms with Gasteiger partial charge in [-0.1, -0.05) is 0 Å². The van der Waals surface area contributed by atoms with Crippen molar-refractivity contribution in [1.29, 1.82) is 0 Å². The number of nitrogens with one attached hydrogen (secondary N) is 1. The van der Waals surface area contributed by atoms with E-state index in [1.165, 1.54) is 18.5 Å². The van der Waals surface area contributed by atoms with Crippen molar-refractivity contribution >= 4 is 16.6 Å². The van der Waals surface area contributed by atoms with E-state index in [0.717, 1.165) is 28.1 Å². The third-order valence-corrected chi connectivity index (χ3v) is 3.60. The molecule has 0 aliphatic heterocycles. The lowest BCUT2D eigenvalue weighted by Crippen LogP contribution is -1.97. The number of nitrogens with zero attached hydrogens (tertiary/aromatic N) is 1. The molecule has 0 spiro atoms. The van der Waals surface area contributed by atoms with Crippen LogP contribution in [0.15, 0.2) is 18.2 Å². The first-order chi connectivity index (χ1) is 9.26. The third-order valence-electron chi connectivity index (χ3n) is 3.60. The lowest BCUT2D eigenvalue weighted by Gasteiger charge is -2.13. The van der Waals surface area contributed by atoms with E-state index in [-0.39, 0.29) is 0 Å². The topological polar surface area (TPSA) is 43.4 Å². The van der Waals surface area contributed by atoms with Crippen LogP contribution in [0.1, 0.15) is 24.5 Å².